The van der Waals surface area contributed by atoms with E-state index in [9.17, 15) is 19.2 Å². The van der Waals surface area contributed by atoms with Crippen molar-refractivity contribution in [2.45, 2.75) is 57.7 Å². The number of H-pyrrole nitrogens is 1. The van der Waals surface area contributed by atoms with Crippen LogP contribution in [0.25, 0.3) is 10.9 Å². The van der Waals surface area contributed by atoms with Crippen LogP contribution >= 0.6 is 0 Å². The summed E-state index contributed by atoms with van der Waals surface area (Å²) in [5.74, 6) is -1.73. The molecule has 0 aliphatic rings. The summed E-state index contributed by atoms with van der Waals surface area (Å²) in [6, 6.07) is 22.3. The molecule has 0 saturated carbocycles. The standard InChI is InChI=1S/C34H38N4O6/c1-4-18-43-31(40)25-16-14-24(15-17-25)22(2)44-33(42)37-29(19-26-21-36-28-13-9-8-12-27(26)28)30(39)38-34(3,32(35)41)20-23-10-6-5-7-11-23/h5-17,21-22,29,36H,4,18-20H2,1-3H3,(H2,35,41)(H,37,42)(H,38,39)/t22?,29-,34+/m0/s1. The molecule has 10 heteroatoms. The molecule has 0 fully saturated rings. The molecule has 5 N–H and O–H groups in total. The van der Waals surface area contributed by atoms with Crippen molar-refractivity contribution >= 4 is 34.8 Å². The van der Waals surface area contributed by atoms with Gasteiger partial charge in [0.05, 0.1) is 12.2 Å². The van der Waals surface area contributed by atoms with E-state index in [-0.39, 0.29) is 12.8 Å². The number of para-hydroxylation sites is 1. The number of carbonyl (C=O) groups is 4. The van der Waals surface area contributed by atoms with Crippen LogP contribution < -0.4 is 16.4 Å². The monoisotopic (exact) mass is 598 g/mol. The van der Waals surface area contributed by atoms with E-state index in [4.69, 9.17) is 15.2 Å². The second kappa shape index (κ2) is 14.4. The summed E-state index contributed by atoms with van der Waals surface area (Å²) in [7, 11) is 0. The first-order valence-electron chi connectivity index (χ1n) is 14.5. The van der Waals surface area contributed by atoms with Crippen molar-refractivity contribution in [3.8, 4) is 0 Å². The summed E-state index contributed by atoms with van der Waals surface area (Å²) >= 11 is 0. The lowest BCUT2D eigenvalue weighted by molar-refractivity contribution is -0.132. The number of fused-ring (bicyclic) bond motifs is 1. The molecule has 3 aromatic carbocycles. The van der Waals surface area contributed by atoms with Gasteiger partial charge in [0, 0.05) is 29.9 Å². The number of aromatic amines is 1. The number of amides is 3. The van der Waals surface area contributed by atoms with Crippen LogP contribution in [0.4, 0.5) is 4.79 Å². The van der Waals surface area contributed by atoms with Gasteiger partial charge in [0.2, 0.25) is 11.8 Å². The highest BCUT2D eigenvalue weighted by Gasteiger charge is 2.36. The van der Waals surface area contributed by atoms with Gasteiger partial charge in [-0.3, -0.25) is 9.59 Å². The second-order valence-corrected chi connectivity index (χ2v) is 10.9. The summed E-state index contributed by atoms with van der Waals surface area (Å²) in [5, 5.41) is 6.37. The molecule has 1 heterocycles. The number of aromatic nitrogens is 1. The Balaban J connectivity index is 1.51. The Kier molecular flexibility index (Phi) is 10.4. The molecule has 1 unspecified atom stereocenters. The number of rotatable bonds is 13. The number of alkyl carbamates (subject to hydrolysis) is 1. The maximum absolute atomic E-state index is 13.7. The SMILES string of the molecule is CCCOC(=O)c1ccc(C(C)OC(=O)N[C@@H](Cc2c[nH]c3ccccc23)C(=O)N[C@](C)(Cc2ccccc2)C(N)=O)cc1. The molecule has 230 valence electrons. The van der Waals surface area contributed by atoms with Crippen LogP contribution in [0.1, 0.15) is 60.3 Å². The minimum absolute atomic E-state index is 0.119. The Bertz CT molecular complexity index is 1600. The van der Waals surface area contributed by atoms with Crippen LogP contribution in [0.5, 0.6) is 0 Å². The Labute approximate surface area is 256 Å². The van der Waals surface area contributed by atoms with Gasteiger partial charge in [-0.1, -0.05) is 67.6 Å². The zero-order chi connectivity index (χ0) is 31.7. The molecule has 0 spiro atoms. The quantitative estimate of drug-likeness (QED) is 0.163. The fourth-order valence-electron chi connectivity index (χ4n) is 4.86. The average Bonchev–Trinajstić information content (AvgIpc) is 3.42. The van der Waals surface area contributed by atoms with Gasteiger partial charge in [-0.25, -0.2) is 9.59 Å². The fourth-order valence-corrected chi connectivity index (χ4v) is 4.86. The summed E-state index contributed by atoms with van der Waals surface area (Å²) < 4.78 is 10.8. The molecule has 4 aromatic rings. The van der Waals surface area contributed by atoms with Crippen LogP contribution in [0.15, 0.2) is 85.1 Å². The van der Waals surface area contributed by atoms with E-state index in [0.29, 0.717) is 17.7 Å². The van der Waals surface area contributed by atoms with Gasteiger partial charge in [0.25, 0.3) is 0 Å². The van der Waals surface area contributed by atoms with Gasteiger partial charge in [0.15, 0.2) is 0 Å². The van der Waals surface area contributed by atoms with Crippen LogP contribution in [0.3, 0.4) is 0 Å². The molecule has 0 radical (unpaired) electrons. The number of hydrogen-bond donors (Lipinski definition) is 4. The van der Waals surface area contributed by atoms with Crippen molar-refractivity contribution in [2.75, 3.05) is 6.61 Å². The third-order valence-electron chi connectivity index (χ3n) is 7.39. The van der Waals surface area contributed by atoms with Gasteiger partial charge < -0.3 is 30.8 Å². The maximum atomic E-state index is 13.7. The first-order valence-corrected chi connectivity index (χ1v) is 14.5. The highest BCUT2D eigenvalue weighted by Crippen LogP contribution is 2.22. The lowest BCUT2D eigenvalue weighted by Crippen LogP contribution is -2.61. The Morgan fingerprint density at radius 3 is 2.32 bits per heavy atom. The molecule has 4 rings (SSSR count). The minimum atomic E-state index is -1.42. The van der Waals surface area contributed by atoms with Crippen LogP contribution in [0.2, 0.25) is 0 Å². The van der Waals surface area contributed by atoms with Crippen molar-refractivity contribution in [1.29, 1.82) is 0 Å². The topological polar surface area (TPSA) is 153 Å². The molecule has 10 nitrogen and oxygen atoms in total. The third kappa shape index (κ3) is 8.03. The van der Waals surface area contributed by atoms with E-state index in [1.54, 1.807) is 44.3 Å². The van der Waals surface area contributed by atoms with E-state index in [1.165, 1.54) is 0 Å². The highest BCUT2D eigenvalue weighted by molar-refractivity contribution is 5.94. The van der Waals surface area contributed by atoms with Crippen molar-refractivity contribution in [1.82, 2.24) is 15.6 Å². The Hall–Kier alpha value is -5.12. The number of nitrogens with two attached hydrogens (primary N) is 1. The molecule has 0 aliphatic heterocycles. The van der Waals surface area contributed by atoms with Gasteiger partial charge >= 0.3 is 12.1 Å². The predicted molar refractivity (Wildman–Crippen MR) is 167 cm³/mol. The van der Waals surface area contributed by atoms with Crippen molar-refractivity contribution in [3.63, 3.8) is 0 Å². The van der Waals surface area contributed by atoms with E-state index < -0.39 is 41.6 Å². The highest BCUT2D eigenvalue weighted by atomic mass is 16.6. The van der Waals surface area contributed by atoms with Gasteiger partial charge in [0.1, 0.15) is 17.7 Å². The van der Waals surface area contributed by atoms with E-state index >= 15 is 0 Å². The number of nitrogens with one attached hydrogen (secondary N) is 3. The van der Waals surface area contributed by atoms with Crippen LogP contribution in [0, 0.1) is 0 Å². The Morgan fingerprint density at radius 1 is 0.955 bits per heavy atom. The van der Waals surface area contributed by atoms with Gasteiger partial charge in [-0.2, -0.15) is 0 Å². The van der Waals surface area contributed by atoms with Crippen LogP contribution in [-0.2, 0) is 31.9 Å². The fraction of sp³-hybridized carbons (Fsp3) is 0.294. The number of esters is 1. The lowest BCUT2D eigenvalue weighted by Gasteiger charge is -2.30. The first-order chi connectivity index (χ1) is 21.1. The van der Waals surface area contributed by atoms with Crippen LogP contribution in [-0.4, -0.2) is 47.0 Å². The molecule has 3 atom stereocenters. The number of carbonyl (C=O) groups excluding carboxylic acids is 4. The molecular weight excluding hydrogens is 560 g/mol. The van der Waals surface area contributed by atoms with Gasteiger partial charge in [-0.15, -0.1) is 0 Å². The third-order valence-corrected chi connectivity index (χ3v) is 7.39. The zero-order valence-corrected chi connectivity index (χ0v) is 25.1. The zero-order valence-electron chi connectivity index (χ0n) is 25.1. The number of hydrogen-bond acceptors (Lipinski definition) is 6. The maximum Gasteiger partial charge on any atom is 0.408 e. The Morgan fingerprint density at radius 2 is 1.64 bits per heavy atom. The number of primary amides is 1. The lowest BCUT2D eigenvalue weighted by atomic mass is 9.91. The predicted octanol–water partition coefficient (Wildman–Crippen LogP) is 4.74. The molecule has 44 heavy (non-hydrogen) atoms. The molecule has 0 saturated heterocycles. The molecule has 0 bridgehead atoms. The summed E-state index contributed by atoms with van der Waals surface area (Å²) in [4.78, 5) is 54.7. The average molecular weight is 599 g/mol. The molecule has 3 amide bonds. The van der Waals surface area contributed by atoms with E-state index in [2.05, 4.69) is 15.6 Å². The van der Waals surface area contributed by atoms with Gasteiger partial charge in [-0.05, 0) is 55.2 Å². The van der Waals surface area contributed by atoms with Crippen molar-refractivity contribution < 1.29 is 28.7 Å². The molecule has 1 aromatic heterocycles. The molecular formula is C34H38N4O6. The van der Waals surface area contributed by atoms with Crippen molar-refractivity contribution in [2.24, 2.45) is 5.73 Å². The summed E-state index contributed by atoms with van der Waals surface area (Å²) in [5.41, 5.74) is 7.87. The van der Waals surface area contributed by atoms with Crippen molar-refractivity contribution in [3.05, 3.63) is 107 Å². The summed E-state index contributed by atoms with van der Waals surface area (Å²) in [6.07, 6.45) is 1.27. The van der Waals surface area contributed by atoms with E-state index in [1.807, 2.05) is 61.5 Å². The second-order valence-electron chi connectivity index (χ2n) is 10.9. The normalized spacial score (nSPS) is 13.7. The smallest absolute Gasteiger partial charge is 0.408 e. The number of ether oxygens (including phenoxy) is 2. The molecule has 0 aliphatic carbocycles. The largest absolute Gasteiger partial charge is 0.462 e. The first kappa shape index (κ1) is 31.8. The minimum Gasteiger partial charge on any atom is -0.462 e. The number of benzene rings is 3. The summed E-state index contributed by atoms with van der Waals surface area (Å²) in [6.45, 7) is 5.49. The van der Waals surface area contributed by atoms with E-state index in [0.717, 1.165) is 28.5 Å².